The quantitative estimate of drug-likeness (QED) is 0.845. The van der Waals surface area contributed by atoms with Gasteiger partial charge in [0.2, 0.25) is 5.91 Å². The number of rotatable bonds is 4. The largest absolute Gasteiger partial charge is 0.379 e. The molecule has 1 aliphatic carbocycles. The molecule has 0 aromatic heterocycles. The Morgan fingerprint density at radius 2 is 1.76 bits per heavy atom. The molecule has 3 aliphatic rings. The highest BCUT2D eigenvalue weighted by Crippen LogP contribution is 2.47. The normalized spacial score (nSPS) is 25.3. The molecule has 0 saturated carbocycles. The van der Waals surface area contributed by atoms with E-state index in [-0.39, 0.29) is 5.92 Å². The molecule has 4 nitrogen and oxygen atoms in total. The molecule has 1 aromatic carbocycles. The van der Waals surface area contributed by atoms with Gasteiger partial charge in [-0.2, -0.15) is 0 Å². The molecule has 1 unspecified atom stereocenters. The fourth-order valence-corrected chi connectivity index (χ4v) is 4.32. The van der Waals surface area contributed by atoms with Crippen LogP contribution in [0, 0.1) is 11.8 Å². The Morgan fingerprint density at radius 3 is 2.44 bits per heavy atom. The molecule has 2 heterocycles. The van der Waals surface area contributed by atoms with Gasteiger partial charge in [-0.3, -0.25) is 9.69 Å². The molecule has 25 heavy (non-hydrogen) atoms. The molecular weight excluding hydrogens is 312 g/mol. The SMILES string of the molecule is CC1=C(c2ccccc2)C1C(=O)N1CCC(CN2CCOCC2)CC1. The number of morpholine rings is 1. The summed E-state index contributed by atoms with van der Waals surface area (Å²) in [5, 5.41) is 0. The van der Waals surface area contributed by atoms with E-state index in [1.807, 2.05) is 18.2 Å². The van der Waals surface area contributed by atoms with Crippen molar-refractivity contribution in [3.63, 3.8) is 0 Å². The van der Waals surface area contributed by atoms with Crippen LogP contribution >= 0.6 is 0 Å². The van der Waals surface area contributed by atoms with Gasteiger partial charge in [0, 0.05) is 32.7 Å². The fraction of sp³-hybridized carbons (Fsp3) is 0.571. The van der Waals surface area contributed by atoms with Gasteiger partial charge < -0.3 is 9.64 Å². The van der Waals surface area contributed by atoms with Crippen LogP contribution in [0.1, 0.15) is 25.3 Å². The Kier molecular flexibility index (Phi) is 4.91. The minimum atomic E-state index is 0.0400. The van der Waals surface area contributed by atoms with Gasteiger partial charge in [0.1, 0.15) is 0 Å². The number of carbonyl (C=O) groups is 1. The predicted molar refractivity (Wildman–Crippen MR) is 99.1 cm³/mol. The lowest BCUT2D eigenvalue weighted by Crippen LogP contribution is -2.44. The molecule has 0 N–H and O–H groups in total. The average Bonchev–Trinajstić information content (AvgIpc) is 3.34. The lowest BCUT2D eigenvalue weighted by atomic mass is 9.95. The van der Waals surface area contributed by atoms with Crippen molar-refractivity contribution in [1.82, 2.24) is 9.80 Å². The van der Waals surface area contributed by atoms with Crippen molar-refractivity contribution >= 4 is 11.5 Å². The molecule has 4 heteroatoms. The molecule has 2 aliphatic heterocycles. The molecule has 0 radical (unpaired) electrons. The van der Waals surface area contributed by atoms with Gasteiger partial charge in [0.25, 0.3) is 0 Å². The number of carbonyl (C=O) groups excluding carboxylic acids is 1. The van der Waals surface area contributed by atoms with Gasteiger partial charge in [0.05, 0.1) is 19.1 Å². The van der Waals surface area contributed by atoms with Crippen molar-refractivity contribution in [2.24, 2.45) is 11.8 Å². The number of hydrogen-bond acceptors (Lipinski definition) is 3. The molecule has 2 saturated heterocycles. The molecule has 1 aromatic rings. The zero-order valence-corrected chi connectivity index (χ0v) is 15.1. The van der Waals surface area contributed by atoms with Crippen molar-refractivity contribution < 1.29 is 9.53 Å². The van der Waals surface area contributed by atoms with E-state index in [4.69, 9.17) is 4.74 Å². The first-order valence-electron chi connectivity index (χ1n) is 9.59. The van der Waals surface area contributed by atoms with E-state index in [1.54, 1.807) is 0 Å². The maximum Gasteiger partial charge on any atom is 0.234 e. The van der Waals surface area contributed by atoms with Crippen molar-refractivity contribution in [3.05, 3.63) is 41.5 Å². The number of hydrogen-bond donors (Lipinski definition) is 0. The zero-order chi connectivity index (χ0) is 17.2. The topological polar surface area (TPSA) is 32.8 Å². The summed E-state index contributed by atoms with van der Waals surface area (Å²) < 4.78 is 5.43. The average molecular weight is 340 g/mol. The van der Waals surface area contributed by atoms with Gasteiger partial charge in [0.15, 0.2) is 0 Å². The van der Waals surface area contributed by atoms with Crippen molar-refractivity contribution in [1.29, 1.82) is 0 Å². The number of amides is 1. The molecule has 1 amide bonds. The van der Waals surface area contributed by atoms with Gasteiger partial charge in [-0.1, -0.05) is 35.9 Å². The highest BCUT2D eigenvalue weighted by molar-refractivity contribution is 6.05. The summed E-state index contributed by atoms with van der Waals surface area (Å²) in [6, 6.07) is 10.3. The summed E-state index contributed by atoms with van der Waals surface area (Å²) in [6.45, 7) is 8.96. The van der Waals surface area contributed by atoms with Gasteiger partial charge in [-0.05, 0) is 36.8 Å². The van der Waals surface area contributed by atoms with Crippen LogP contribution in [0.5, 0.6) is 0 Å². The maximum atomic E-state index is 12.9. The van der Waals surface area contributed by atoms with E-state index in [0.29, 0.717) is 5.91 Å². The first-order valence-corrected chi connectivity index (χ1v) is 9.59. The first kappa shape index (κ1) is 16.8. The summed E-state index contributed by atoms with van der Waals surface area (Å²) in [5.74, 6) is 1.09. The predicted octanol–water partition coefficient (Wildman–Crippen LogP) is 2.66. The second kappa shape index (κ2) is 7.30. The van der Waals surface area contributed by atoms with Crippen LogP contribution < -0.4 is 0 Å². The third-order valence-electron chi connectivity index (χ3n) is 5.94. The number of ether oxygens (including phenoxy) is 1. The molecule has 2 fully saturated rings. The molecule has 1 atom stereocenters. The van der Waals surface area contributed by atoms with E-state index < -0.39 is 0 Å². The summed E-state index contributed by atoms with van der Waals surface area (Å²) in [7, 11) is 0. The maximum absolute atomic E-state index is 12.9. The van der Waals surface area contributed by atoms with E-state index in [2.05, 4.69) is 28.9 Å². The van der Waals surface area contributed by atoms with E-state index >= 15 is 0 Å². The van der Waals surface area contributed by atoms with Crippen molar-refractivity contribution in [2.45, 2.75) is 19.8 Å². The highest BCUT2D eigenvalue weighted by atomic mass is 16.5. The van der Waals surface area contributed by atoms with E-state index in [1.165, 1.54) is 23.3 Å². The second-order valence-electron chi connectivity index (χ2n) is 7.58. The van der Waals surface area contributed by atoms with E-state index in [0.717, 1.165) is 58.2 Å². The molecule has 0 bridgehead atoms. The summed E-state index contributed by atoms with van der Waals surface area (Å²) in [5.41, 5.74) is 3.72. The summed E-state index contributed by atoms with van der Waals surface area (Å²) >= 11 is 0. The van der Waals surface area contributed by atoms with Gasteiger partial charge >= 0.3 is 0 Å². The van der Waals surface area contributed by atoms with Crippen molar-refractivity contribution in [3.8, 4) is 0 Å². The lowest BCUT2D eigenvalue weighted by molar-refractivity contribution is -0.133. The summed E-state index contributed by atoms with van der Waals surface area (Å²) in [4.78, 5) is 17.5. The van der Waals surface area contributed by atoms with Crippen LogP contribution in [0.25, 0.3) is 5.57 Å². The fourth-order valence-electron chi connectivity index (χ4n) is 4.32. The molecular formula is C21H28N2O2. The minimum Gasteiger partial charge on any atom is -0.379 e. The zero-order valence-electron chi connectivity index (χ0n) is 15.1. The van der Waals surface area contributed by atoms with Crippen LogP contribution in [0.4, 0.5) is 0 Å². The highest BCUT2D eigenvalue weighted by Gasteiger charge is 2.42. The minimum absolute atomic E-state index is 0.0400. The third kappa shape index (κ3) is 3.65. The monoisotopic (exact) mass is 340 g/mol. The standard InChI is InChI=1S/C21H28N2O2/c1-16-19(18-5-3-2-4-6-18)20(16)21(24)23-9-7-17(8-10-23)15-22-11-13-25-14-12-22/h2-6,17,20H,7-15H2,1H3. The Morgan fingerprint density at radius 1 is 1.08 bits per heavy atom. The first-order chi connectivity index (χ1) is 12.2. The number of nitrogens with zero attached hydrogens (tertiary/aromatic N) is 2. The Hall–Kier alpha value is -1.65. The van der Waals surface area contributed by atoms with Crippen LogP contribution in [0.15, 0.2) is 35.9 Å². The van der Waals surface area contributed by atoms with Gasteiger partial charge in [-0.25, -0.2) is 0 Å². The number of benzene rings is 1. The molecule has 0 spiro atoms. The van der Waals surface area contributed by atoms with Crippen LogP contribution in [0.2, 0.25) is 0 Å². The smallest absolute Gasteiger partial charge is 0.234 e. The Bertz CT molecular complexity index is 641. The Balaban J connectivity index is 1.28. The third-order valence-corrected chi connectivity index (χ3v) is 5.94. The summed E-state index contributed by atoms with van der Waals surface area (Å²) in [6.07, 6.45) is 2.27. The van der Waals surface area contributed by atoms with E-state index in [9.17, 15) is 4.79 Å². The molecule has 134 valence electrons. The van der Waals surface area contributed by atoms with Crippen LogP contribution in [-0.4, -0.2) is 61.6 Å². The Labute approximate surface area is 150 Å². The number of piperidine rings is 1. The van der Waals surface area contributed by atoms with Crippen LogP contribution in [-0.2, 0) is 9.53 Å². The molecule has 4 rings (SSSR count). The number of likely N-dealkylation sites (tertiary alicyclic amines) is 1. The van der Waals surface area contributed by atoms with Crippen LogP contribution in [0.3, 0.4) is 0 Å². The lowest BCUT2D eigenvalue weighted by Gasteiger charge is -2.36. The van der Waals surface area contributed by atoms with Crippen molar-refractivity contribution in [2.75, 3.05) is 45.9 Å². The van der Waals surface area contributed by atoms with Gasteiger partial charge in [-0.15, -0.1) is 0 Å². The second-order valence-corrected chi connectivity index (χ2v) is 7.58.